The summed E-state index contributed by atoms with van der Waals surface area (Å²) in [5.41, 5.74) is 2.19. The van der Waals surface area contributed by atoms with Crippen molar-refractivity contribution in [3.8, 4) is 11.5 Å². The Balaban J connectivity index is 1.27. The quantitative estimate of drug-likeness (QED) is 0.248. The van der Waals surface area contributed by atoms with Gasteiger partial charge in [-0.15, -0.1) is 0 Å². The molecule has 218 valence electrons. The van der Waals surface area contributed by atoms with Crippen LogP contribution >= 0.6 is 0 Å². The molecule has 6 N–H and O–H groups in total. The molecule has 2 bridgehead atoms. The number of hydrogen-bond acceptors (Lipinski definition) is 7. The van der Waals surface area contributed by atoms with Gasteiger partial charge in [-0.2, -0.15) is 0 Å². The van der Waals surface area contributed by atoms with Crippen LogP contribution in [0.5, 0.6) is 11.5 Å². The van der Waals surface area contributed by atoms with Crippen molar-refractivity contribution < 1.29 is 39.5 Å². The van der Waals surface area contributed by atoms with Crippen LogP contribution in [0.1, 0.15) is 64.5 Å². The number of carbonyl (C=O) groups is 3. The summed E-state index contributed by atoms with van der Waals surface area (Å²) in [5, 5.41) is 45.5. The highest BCUT2D eigenvalue weighted by Gasteiger charge is 2.72. The van der Waals surface area contributed by atoms with Gasteiger partial charge in [0.15, 0.2) is 17.6 Å². The first kappa shape index (κ1) is 25.6. The summed E-state index contributed by atoms with van der Waals surface area (Å²) in [6.07, 6.45) is 2.66. The van der Waals surface area contributed by atoms with Crippen LogP contribution in [0.4, 0.5) is 0 Å². The van der Waals surface area contributed by atoms with E-state index in [0.717, 1.165) is 35.5 Å². The zero-order valence-corrected chi connectivity index (χ0v) is 22.7. The summed E-state index contributed by atoms with van der Waals surface area (Å²) in [7, 11) is 0. The lowest BCUT2D eigenvalue weighted by molar-refractivity contribution is -0.173. The summed E-state index contributed by atoms with van der Waals surface area (Å²) < 4.78 is 6.60. The number of benzene rings is 2. The van der Waals surface area contributed by atoms with E-state index in [4.69, 9.17) is 9.84 Å². The molecule has 5 aliphatic rings. The lowest BCUT2D eigenvalue weighted by Gasteiger charge is -2.62. The second kappa shape index (κ2) is 8.48. The van der Waals surface area contributed by atoms with Gasteiger partial charge in [-0.1, -0.05) is 18.2 Å². The molecule has 1 saturated heterocycles. The maximum Gasteiger partial charge on any atom is 0.326 e. The number of aliphatic hydroxyl groups is 1. The number of ether oxygens (including phenoxy) is 1. The van der Waals surface area contributed by atoms with Crippen molar-refractivity contribution in [1.29, 1.82) is 0 Å². The SMILES string of the molecule is O=C(O)CC(NC(=O)c1cccc2c3c([nH]c12)[C@H]1Oc2c(O)ccc4c2[C@@]12CCN(CC1CC1)[C@H](C4)[C@]2(O)C3)C(=O)O. The van der Waals surface area contributed by atoms with Gasteiger partial charge in [0.05, 0.1) is 34.2 Å². The molecule has 1 unspecified atom stereocenters. The Morgan fingerprint density at radius 1 is 1.17 bits per heavy atom. The zero-order chi connectivity index (χ0) is 29.1. The molecule has 2 aliphatic heterocycles. The van der Waals surface area contributed by atoms with Crippen LogP contribution in [-0.4, -0.2) is 78.9 Å². The van der Waals surface area contributed by atoms with Crippen LogP contribution in [0.15, 0.2) is 30.3 Å². The monoisotopic (exact) mass is 573 g/mol. The molecule has 0 radical (unpaired) electrons. The third-order valence-electron chi connectivity index (χ3n) is 10.4. The Hall–Kier alpha value is -4.09. The summed E-state index contributed by atoms with van der Waals surface area (Å²) in [6, 6.07) is 7.00. The molecule has 1 aromatic heterocycles. The fourth-order valence-corrected chi connectivity index (χ4v) is 8.45. The van der Waals surface area contributed by atoms with Gasteiger partial charge < -0.3 is 35.5 Å². The highest BCUT2D eigenvalue weighted by atomic mass is 16.5. The van der Waals surface area contributed by atoms with Crippen LogP contribution < -0.4 is 10.1 Å². The number of phenolic OH excluding ortho intramolecular Hbond substituents is 1. The van der Waals surface area contributed by atoms with Gasteiger partial charge >= 0.3 is 11.9 Å². The number of carbonyl (C=O) groups excluding carboxylic acids is 1. The number of fused-ring (bicyclic) bond motifs is 4. The molecule has 2 fully saturated rings. The third-order valence-corrected chi connectivity index (χ3v) is 10.4. The molecular formula is C31H31N3O8. The first-order valence-corrected chi connectivity index (χ1v) is 14.5. The molecule has 11 nitrogen and oxygen atoms in total. The molecule has 8 rings (SSSR count). The maximum absolute atomic E-state index is 13.3. The average molecular weight is 574 g/mol. The standard InChI is InChI=1S/C31H31N3O8/c35-20-7-6-15-10-21-31(41)12-18-16-2-1-3-17(28(38)32-19(29(39)40)11-22(36)37)24(16)33-25(18)27-30(31,23(15)26(20)42-27)8-9-34(21)13-14-4-5-14/h1-3,6-7,14,19,21,27,33,35,41H,4-5,8-13H2,(H,32,38)(H,36,37)(H,39,40)/t19?,21-,27-,30+,31-/m1/s1. The number of carboxylic acid groups (broad SMARTS) is 2. The topological polar surface area (TPSA) is 172 Å². The number of nitrogens with zero attached hydrogens (tertiary/aromatic N) is 1. The number of hydrogen-bond donors (Lipinski definition) is 6. The molecule has 1 saturated carbocycles. The van der Waals surface area contributed by atoms with Crippen LogP contribution in [0.3, 0.4) is 0 Å². The number of rotatable bonds is 7. The molecule has 5 atom stereocenters. The van der Waals surface area contributed by atoms with E-state index in [2.05, 4.69) is 15.2 Å². The fourth-order valence-electron chi connectivity index (χ4n) is 8.45. The molecular weight excluding hydrogens is 542 g/mol. The summed E-state index contributed by atoms with van der Waals surface area (Å²) >= 11 is 0. The first-order chi connectivity index (χ1) is 20.1. The predicted molar refractivity (Wildman–Crippen MR) is 148 cm³/mol. The maximum atomic E-state index is 13.3. The minimum Gasteiger partial charge on any atom is -0.504 e. The minimum atomic E-state index is -1.59. The van der Waals surface area contributed by atoms with Gasteiger partial charge in [0.2, 0.25) is 0 Å². The largest absolute Gasteiger partial charge is 0.504 e. The Morgan fingerprint density at radius 3 is 2.71 bits per heavy atom. The Kier molecular flexibility index (Phi) is 5.17. The Morgan fingerprint density at radius 2 is 1.98 bits per heavy atom. The Bertz CT molecular complexity index is 1710. The van der Waals surface area contributed by atoms with Crippen molar-refractivity contribution in [1.82, 2.24) is 15.2 Å². The van der Waals surface area contributed by atoms with E-state index in [-0.39, 0.29) is 17.4 Å². The molecule has 42 heavy (non-hydrogen) atoms. The van der Waals surface area contributed by atoms with E-state index in [0.29, 0.717) is 41.8 Å². The highest BCUT2D eigenvalue weighted by molar-refractivity contribution is 6.08. The predicted octanol–water partition coefficient (Wildman–Crippen LogP) is 2.23. The number of amides is 1. The van der Waals surface area contributed by atoms with Crippen LogP contribution in [0.25, 0.3) is 10.9 Å². The number of aliphatic carboxylic acids is 2. The smallest absolute Gasteiger partial charge is 0.326 e. The van der Waals surface area contributed by atoms with E-state index in [1.54, 1.807) is 18.2 Å². The number of piperidine rings is 1. The summed E-state index contributed by atoms with van der Waals surface area (Å²) in [5.74, 6) is -2.40. The molecule has 3 aromatic rings. The zero-order valence-electron chi connectivity index (χ0n) is 22.7. The summed E-state index contributed by atoms with van der Waals surface area (Å²) in [6.45, 7) is 1.75. The third kappa shape index (κ3) is 3.26. The van der Waals surface area contributed by atoms with Crippen molar-refractivity contribution >= 4 is 28.7 Å². The lowest BCUT2D eigenvalue weighted by Crippen LogP contribution is -2.74. The van der Waals surface area contributed by atoms with Crippen molar-refractivity contribution in [3.63, 3.8) is 0 Å². The molecule has 3 heterocycles. The number of aromatic amines is 1. The normalized spacial score (nSPS) is 29.4. The van der Waals surface area contributed by atoms with Crippen LogP contribution in [0, 0.1) is 5.92 Å². The molecule has 2 aromatic carbocycles. The Labute approximate surface area is 240 Å². The number of carboxylic acids is 2. The van der Waals surface area contributed by atoms with Crippen molar-refractivity contribution in [2.45, 2.75) is 67.7 Å². The van der Waals surface area contributed by atoms with E-state index in [9.17, 15) is 29.7 Å². The van der Waals surface area contributed by atoms with E-state index in [1.165, 1.54) is 12.8 Å². The average Bonchev–Trinajstić information content (AvgIpc) is 3.58. The van der Waals surface area contributed by atoms with Crippen molar-refractivity contribution in [2.24, 2.45) is 5.92 Å². The number of aromatic hydroxyl groups is 1. The molecule has 1 amide bonds. The molecule has 11 heteroatoms. The van der Waals surface area contributed by atoms with Crippen molar-refractivity contribution in [3.05, 3.63) is 58.3 Å². The van der Waals surface area contributed by atoms with Gasteiger partial charge in [-0.05, 0) is 61.4 Å². The second-order valence-corrected chi connectivity index (χ2v) is 12.6. The molecule has 3 aliphatic carbocycles. The van der Waals surface area contributed by atoms with E-state index < -0.39 is 47.4 Å². The second-order valence-electron chi connectivity index (χ2n) is 12.6. The number of nitrogens with one attached hydrogen (secondary N) is 2. The van der Waals surface area contributed by atoms with E-state index in [1.807, 2.05) is 12.1 Å². The summed E-state index contributed by atoms with van der Waals surface area (Å²) in [4.78, 5) is 42.0. The number of phenols is 1. The van der Waals surface area contributed by atoms with E-state index >= 15 is 0 Å². The van der Waals surface area contributed by atoms with Crippen molar-refractivity contribution in [2.75, 3.05) is 13.1 Å². The minimum absolute atomic E-state index is 0.0367. The first-order valence-electron chi connectivity index (χ1n) is 14.5. The number of likely N-dealkylation sites (tertiary alicyclic amines) is 1. The highest BCUT2D eigenvalue weighted by Crippen LogP contribution is 2.69. The van der Waals surface area contributed by atoms with Gasteiger partial charge in [-0.3, -0.25) is 14.5 Å². The van der Waals surface area contributed by atoms with Crippen LogP contribution in [-0.2, 0) is 27.8 Å². The van der Waals surface area contributed by atoms with Gasteiger partial charge in [0.25, 0.3) is 5.91 Å². The van der Waals surface area contributed by atoms with Crippen LogP contribution in [0.2, 0.25) is 0 Å². The van der Waals surface area contributed by atoms with Gasteiger partial charge in [-0.25, -0.2) is 4.79 Å². The van der Waals surface area contributed by atoms with Gasteiger partial charge in [0.1, 0.15) is 6.04 Å². The number of para-hydroxylation sites is 1. The fraction of sp³-hybridized carbons (Fsp3) is 0.452. The van der Waals surface area contributed by atoms with Gasteiger partial charge in [0, 0.05) is 30.0 Å². The molecule has 1 spiro atoms. The number of H-pyrrole nitrogens is 1. The number of aromatic nitrogens is 1. The lowest BCUT2D eigenvalue weighted by atomic mass is 9.49.